The second-order valence-electron chi connectivity index (χ2n) is 4.98. The maximum Gasteiger partial charge on any atom is 0.222 e. The van der Waals surface area contributed by atoms with Crippen LogP contribution in [0.5, 0.6) is 0 Å². The summed E-state index contributed by atoms with van der Waals surface area (Å²) < 4.78 is 1.65. The summed E-state index contributed by atoms with van der Waals surface area (Å²) in [5, 5.41) is 9.33. The number of halogens is 2. The first-order valence-corrected chi connectivity index (χ1v) is 7.41. The van der Waals surface area contributed by atoms with Crippen LogP contribution in [-0.2, 0) is 11.8 Å². The van der Waals surface area contributed by atoms with E-state index in [1.54, 1.807) is 23.9 Å². The third-order valence-electron chi connectivity index (χ3n) is 3.38. The Morgan fingerprint density at radius 3 is 2.64 bits per heavy atom. The van der Waals surface area contributed by atoms with Gasteiger partial charge >= 0.3 is 0 Å². The number of hydrogen-bond acceptors (Lipinski definition) is 2. The number of rotatable bonds is 2. The highest BCUT2D eigenvalue weighted by atomic mass is 35.5. The van der Waals surface area contributed by atoms with Gasteiger partial charge in [0.1, 0.15) is 11.3 Å². The van der Waals surface area contributed by atoms with Crippen molar-refractivity contribution in [1.82, 2.24) is 9.78 Å². The number of benzene rings is 2. The molecule has 0 aliphatic carbocycles. The maximum absolute atomic E-state index is 11.4. The van der Waals surface area contributed by atoms with Crippen LogP contribution in [0.15, 0.2) is 36.4 Å². The fraction of sp³-hybridized carbons (Fsp3) is 0.125. The first kappa shape index (κ1) is 14.9. The van der Waals surface area contributed by atoms with Gasteiger partial charge in [0.2, 0.25) is 5.91 Å². The van der Waals surface area contributed by atoms with Crippen molar-refractivity contribution in [2.24, 2.45) is 7.05 Å². The zero-order valence-electron chi connectivity index (χ0n) is 12.0. The van der Waals surface area contributed by atoms with Gasteiger partial charge in [0, 0.05) is 40.5 Å². The van der Waals surface area contributed by atoms with E-state index in [0.29, 0.717) is 15.9 Å². The minimum Gasteiger partial charge on any atom is -0.311 e. The lowest BCUT2D eigenvalue weighted by molar-refractivity contribution is -0.114. The molecule has 1 heterocycles. The first-order chi connectivity index (χ1) is 10.5. The topological polar surface area (TPSA) is 46.9 Å². The van der Waals surface area contributed by atoms with Crippen molar-refractivity contribution in [2.45, 2.75) is 6.92 Å². The fourth-order valence-electron chi connectivity index (χ4n) is 2.46. The van der Waals surface area contributed by atoms with Gasteiger partial charge in [-0.15, -0.1) is 0 Å². The summed E-state index contributed by atoms with van der Waals surface area (Å²) in [6.45, 7) is 1.47. The quantitative estimate of drug-likeness (QED) is 0.750. The molecular formula is C16H13Cl2N3O. The zero-order valence-corrected chi connectivity index (χ0v) is 13.5. The molecule has 0 unspecified atom stereocenters. The highest BCUT2D eigenvalue weighted by Crippen LogP contribution is 2.36. The summed E-state index contributed by atoms with van der Waals surface area (Å²) in [6.07, 6.45) is 0. The molecule has 1 aromatic heterocycles. The highest BCUT2D eigenvalue weighted by Gasteiger charge is 2.15. The minimum atomic E-state index is -0.139. The van der Waals surface area contributed by atoms with E-state index < -0.39 is 0 Å². The van der Waals surface area contributed by atoms with E-state index in [9.17, 15) is 4.79 Å². The van der Waals surface area contributed by atoms with Gasteiger partial charge in [0.05, 0.1) is 0 Å². The molecule has 0 bridgehead atoms. The molecule has 3 rings (SSSR count). The Morgan fingerprint density at radius 2 is 1.95 bits per heavy atom. The molecule has 0 fully saturated rings. The number of aromatic nitrogens is 2. The molecule has 6 heteroatoms. The number of carbonyl (C=O) groups is 1. The minimum absolute atomic E-state index is 0.139. The van der Waals surface area contributed by atoms with Crippen LogP contribution in [0.1, 0.15) is 6.92 Å². The number of fused-ring (bicyclic) bond motifs is 1. The number of amides is 1. The first-order valence-electron chi connectivity index (χ1n) is 6.66. The third kappa shape index (κ3) is 2.56. The molecule has 2 aromatic carbocycles. The van der Waals surface area contributed by atoms with E-state index in [1.165, 1.54) is 6.92 Å². The molecular weight excluding hydrogens is 321 g/mol. The Hall–Kier alpha value is -2.04. The second kappa shape index (κ2) is 5.63. The lowest BCUT2D eigenvalue weighted by atomic mass is 10.0. The molecule has 0 radical (unpaired) electrons. The molecule has 112 valence electrons. The second-order valence-corrected chi connectivity index (χ2v) is 5.82. The SMILES string of the molecule is CC(=O)Nc1c2cccc(-c3ccc(Cl)cc3Cl)c2nn1C. The van der Waals surface area contributed by atoms with Crippen LogP contribution in [0, 0.1) is 0 Å². The van der Waals surface area contributed by atoms with Crippen molar-refractivity contribution >= 4 is 45.8 Å². The summed E-state index contributed by atoms with van der Waals surface area (Å²) >= 11 is 12.3. The summed E-state index contributed by atoms with van der Waals surface area (Å²) in [7, 11) is 1.79. The molecule has 0 saturated carbocycles. The summed E-state index contributed by atoms with van der Waals surface area (Å²) in [4.78, 5) is 11.4. The lowest BCUT2D eigenvalue weighted by Crippen LogP contribution is -2.09. The molecule has 0 spiro atoms. The summed E-state index contributed by atoms with van der Waals surface area (Å²) in [5.41, 5.74) is 2.52. The van der Waals surface area contributed by atoms with E-state index >= 15 is 0 Å². The Balaban J connectivity index is 2.25. The van der Waals surface area contributed by atoms with Crippen LogP contribution >= 0.6 is 23.2 Å². The third-order valence-corrected chi connectivity index (χ3v) is 3.93. The summed E-state index contributed by atoms with van der Waals surface area (Å²) in [5.74, 6) is 0.522. The highest BCUT2D eigenvalue weighted by molar-refractivity contribution is 6.36. The molecule has 0 aliphatic heterocycles. The standard InChI is InChI=1S/C16H13Cl2N3O/c1-9(22)19-16-13-5-3-4-12(15(13)20-21(16)2)11-7-6-10(17)8-14(11)18/h3-8H,1-2H3,(H,19,22). The average Bonchev–Trinajstić information content (AvgIpc) is 2.75. The molecule has 1 N–H and O–H groups in total. The fourth-order valence-corrected chi connectivity index (χ4v) is 2.97. The van der Waals surface area contributed by atoms with Crippen LogP contribution in [0.25, 0.3) is 22.0 Å². The van der Waals surface area contributed by atoms with Gasteiger partial charge in [-0.1, -0.05) is 41.4 Å². The predicted octanol–water partition coefficient (Wildman–Crippen LogP) is 4.51. The van der Waals surface area contributed by atoms with Crippen LogP contribution in [0.3, 0.4) is 0 Å². The molecule has 0 atom stereocenters. The van der Waals surface area contributed by atoms with Gasteiger partial charge in [0.25, 0.3) is 0 Å². The Morgan fingerprint density at radius 1 is 1.18 bits per heavy atom. The summed E-state index contributed by atoms with van der Waals surface area (Å²) in [6, 6.07) is 11.1. The van der Waals surface area contributed by atoms with E-state index in [2.05, 4.69) is 10.4 Å². The average molecular weight is 334 g/mol. The molecule has 22 heavy (non-hydrogen) atoms. The normalized spacial score (nSPS) is 10.9. The van der Waals surface area contributed by atoms with E-state index in [0.717, 1.165) is 22.0 Å². The van der Waals surface area contributed by atoms with Gasteiger partial charge in [-0.05, 0) is 18.2 Å². The Labute approximate surface area is 137 Å². The molecule has 1 amide bonds. The Kier molecular flexibility index (Phi) is 3.81. The maximum atomic E-state index is 11.4. The predicted molar refractivity (Wildman–Crippen MR) is 90.5 cm³/mol. The van der Waals surface area contributed by atoms with Gasteiger partial charge < -0.3 is 5.32 Å². The van der Waals surface area contributed by atoms with Crippen molar-refractivity contribution in [2.75, 3.05) is 5.32 Å². The van der Waals surface area contributed by atoms with E-state index in [1.807, 2.05) is 24.3 Å². The molecule has 3 aromatic rings. The van der Waals surface area contributed by atoms with Gasteiger partial charge in [-0.3, -0.25) is 9.48 Å². The number of nitrogens with zero attached hydrogens (tertiary/aromatic N) is 2. The molecule has 0 saturated heterocycles. The zero-order chi connectivity index (χ0) is 15.9. The smallest absolute Gasteiger partial charge is 0.222 e. The van der Waals surface area contributed by atoms with E-state index in [-0.39, 0.29) is 5.91 Å². The van der Waals surface area contributed by atoms with Crippen molar-refractivity contribution in [3.05, 3.63) is 46.4 Å². The van der Waals surface area contributed by atoms with E-state index in [4.69, 9.17) is 23.2 Å². The van der Waals surface area contributed by atoms with Crippen LogP contribution in [0.2, 0.25) is 10.0 Å². The molecule has 4 nitrogen and oxygen atoms in total. The van der Waals surface area contributed by atoms with Gasteiger partial charge in [0.15, 0.2) is 0 Å². The lowest BCUT2D eigenvalue weighted by Gasteiger charge is -2.06. The largest absolute Gasteiger partial charge is 0.311 e. The van der Waals surface area contributed by atoms with Crippen molar-refractivity contribution in [1.29, 1.82) is 0 Å². The van der Waals surface area contributed by atoms with Crippen LogP contribution < -0.4 is 5.32 Å². The Bertz CT molecular complexity index is 886. The number of nitrogens with one attached hydrogen (secondary N) is 1. The van der Waals surface area contributed by atoms with Crippen molar-refractivity contribution in [3.8, 4) is 11.1 Å². The van der Waals surface area contributed by atoms with Gasteiger partial charge in [-0.25, -0.2) is 0 Å². The number of hydrogen-bond donors (Lipinski definition) is 1. The van der Waals surface area contributed by atoms with Crippen molar-refractivity contribution < 1.29 is 4.79 Å². The van der Waals surface area contributed by atoms with Crippen molar-refractivity contribution in [3.63, 3.8) is 0 Å². The van der Waals surface area contributed by atoms with Crippen LogP contribution in [0.4, 0.5) is 5.82 Å². The molecule has 0 aliphatic rings. The van der Waals surface area contributed by atoms with Gasteiger partial charge in [-0.2, -0.15) is 5.10 Å². The number of anilines is 1. The number of aryl methyl sites for hydroxylation is 1. The monoisotopic (exact) mass is 333 g/mol. The van der Waals surface area contributed by atoms with Crippen LogP contribution in [-0.4, -0.2) is 15.7 Å². The number of carbonyl (C=O) groups excluding carboxylic acids is 1.